The van der Waals surface area contributed by atoms with E-state index in [0.717, 1.165) is 18.4 Å². The minimum Gasteiger partial charge on any atom is -0.393 e. The first kappa shape index (κ1) is 38.1. The number of likely N-dealkylation sites (tertiary alicyclic amines) is 1. The van der Waals surface area contributed by atoms with E-state index >= 15 is 14.0 Å². The van der Waals surface area contributed by atoms with Gasteiger partial charge in [0.1, 0.15) is 11.2 Å². The van der Waals surface area contributed by atoms with Gasteiger partial charge in [-0.3, -0.25) is 14.5 Å². The van der Waals surface area contributed by atoms with Crippen molar-refractivity contribution in [1.29, 1.82) is 0 Å². The summed E-state index contributed by atoms with van der Waals surface area (Å²) in [6.45, 7) is 4.46. The van der Waals surface area contributed by atoms with Crippen LogP contribution in [-0.2, 0) is 15.0 Å². The number of carbonyl (C=O) groups excluding carboxylic acids is 2. The number of rotatable bonds is 7. The van der Waals surface area contributed by atoms with Gasteiger partial charge in [-0.1, -0.05) is 104 Å². The zero-order valence-corrected chi connectivity index (χ0v) is 32.7. The number of hydrogen-bond donors (Lipinski definition) is 4. The molecular weight excluding hydrogens is 736 g/mol. The normalized spacial score (nSPS) is 28.1. The van der Waals surface area contributed by atoms with E-state index < -0.39 is 47.0 Å². The molecule has 4 aromatic carbocycles. The van der Waals surface area contributed by atoms with Crippen LogP contribution in [0.2, 0.25) is 10.0 Å². The summed E-state index contributed by atoms with van der Waals surface area (Å²) in [5, 5.41) is 30.4. The number of fused-ring (bicyclic) bond motifs is 3. The Morgan fingerprint density at radius 1 is 0.855 bits per heavy atom. The third-order valence-electron chi connectivity index (χ3n) is 13.2. The molecule has 1 saturated heterocycles. The number of nitrogens with one attached hydrogen (secondary N) is 2. The summed E-state index contributed by atoms with van der Waals surface area (Å²) in [6, 6.07) is 26.8. The fraction of sp³-hybridized carbons (Fsp3) is 0.422. The van der Waals surface area contributed by atoms with Gasteiger partial charge in [0.05, 0.1) is 24.3 Å². The van der Waals surface area contributed by atoms with Crippen LogP contribution >= 0.6 is 23.2 Å². The van der Waals surface area contributed by atoms with Crippen LogP contribution in [0.4, 0.5) is 10.1 Å². The van der Waals surface area contributed by atoms with E-state index in [0.29, 0.717) is 65.9 Å². The van der Waals surface area contributed by atoms with Gasteiger partial charge in [0, 0.05) is 33.2 Å². The van der Waals surface area contributed by atoms with Gasteiger partial charge >= 0.3 is 0 Å². The fourth-order valence-electron chi connectivity index (χ4n) is 10.6. The predicted octanol–water partition coefficient (Wildman–Crippen LogP) is 9.02. The van der Waals surface area contributed by atoms with E-state index in [9.17, 15) is 10.2 Å². The molecule has 0 bridgehead atoms. The molecule has 4 aromatic rings. The zero-order chi connectivity index (χ0) is 38.7. The third kappa shape index (κ3) is 6.48. The standard InChI is InChI=1S/C45H48Cl2FN3O4/c1-43(2)19-21-44(22-20-43)45(35-18-13-30(46)26-36(35)50-42(45)55)37(29-23-31(47)25-32(48)24-29)39(41(54)49-33-14-16-34(52)17-15-33)51(44)38(27-9-5-3-6-10-27)40(53)28-11-7-4-8-12-28/h3-13,18,23-26,33-34,37-40,52-53H,14-17,19-22H2,1-2H3,(H,49,54)(H,50,55)/t33?,34?,37-,38+,39+,40-,45-/m0/s1. The highest BCUT2D eigenvalue weighted by molar-refractivity contribution is 6.31. The van der Waals surface area contributed by atoms with Crippen LogP contribution in [0.25, 0.3) is 0 Å². The number of hydrogen-bond acceptors (Lipinski definition) is 5. The molecule has 0 radical (unpaired) electrons. The summed E-state index contributed by atoms with van der Waals surface area (Å²) in [5.41, 5.74) is 0.518. The molecule has 7 nitrogen and oxygen atoms in total. The van der Waals surface area contributed by atoms with E-state index in [4.69, 9.17) is 23.2 Å². The molecule has 0 unspecified atom stereocenters. The van der Waals surface area contributed by atoms with Crippen molar-refractivity contribution >= 4 is 40.7 Å². The predicted molar refractivity (Wildman–Crippen MR) is 214 cm³/mol. The smallest absolute Gasteiger partial charge is 0.238 e. The van der Waals surface area contributed by atoms with Crippen LogP contribution < -0.4 is 10.6 Å². The second kappa shape index (κ2) is 14.6. The van der Waals surface area contributed by atoms with Crippen molar-refractivity contribution in [3.8, 4) is 0 Å². The molecule has 0 aromatic heterocycles. The Balaban J connectivity index is 1.47. The first-order chi connectivity index (χ1) is 26.3. The summed E-state index contributed by atoms with van der Waals surface area (Å²) in [5.74, 6) is -2.14. The van der Waals surface area contributed by atoms with Crippen LogP contribution in [0.15, 0.2) is 97.1 Å². The first-order valence-electron chi connectivity index (χ1n) is 19.5. The maximum absolute atomic E-state index is 15.8. The molecule has 8 rings (SSSR count). The summed E-state index contributed by atoms with van der Waals surface area (Å²) in [6.07, 6.45) is 3.24. The van der Waals surface area contributed by atoms with Crippen LogP contribution in [0.5, 0.6) is 0 Å². The van der Waals surface area contributed by atoms with E-state index in [-0.39, 0.29) is 28.3 Å². The Morgan fingerprint density at radius 3 is 2.13 bits per heavy atom. The van der Waals surface area contributed by atoms with Crippen LogP contribution in [0.1, 0.15) is 106 Å². The molecule has 10 heteroatoms. The van der Waals surface area contributed by atoms with Gasteiger partial charge < -0.3 is 20.8 Å². The molecule has 2 heterocycles. The summed E-state index contributed by atoms with van der Waals surface area (Å²) in [4.78, 5) is 33.4. The fourth-order valence-corrected chi connectivity index (χ4v) is 11.0. The molecule has 4 N–H and O–H groups in total. The lowest BCUT2D eigenvalue weighted by Gasteiger charge is -2.56. The monoisotopic (exact) mass is 783 g/mol. The van der Waals surface area contributed by atoms with Gasteiger partial charge in [-0.25, -0.2) is 4.39 Å². The Kier molecular flexibility index (Phi) is 10.1. The zero-order valence-electron chi connectivity index (χ0n) is 31.2. The minimum atomic E-state index is -1.45. The maximum Gasteiger partial charge on any atom is 0.238 e. The average molecular weight is 785 g/mol. The molecule has 5 atom stereocenters. The van der Waals surface area contributed by atoms with Gasteiger partial charge in [0.2, 0.25) is 11.8 Å². The highest BCUT2D eigenvalue weighted by Gasteiger charge is 2.77. The summed E-state index contributed by atoms with van der Waals surface area (Å²) in [7, 11) is 0. The lowest BCUT2D eigenvalue weighted by molar-refractivity contribution is -0.137. The maximum atomic E-state index is 15.8. The molecule has 55 heavy (non-hydrogen) atoms. The third-order valence-corrected chi connectivity index (χ3v) is 13.6. The summed E-state index contributed by atoms with van der Waals surface area (Å²) >= 11 is 13.3. The van der Waals surface area contributed by atoms with E-state index in [1.807, 2.05) is 66.7 Å². The number of anilines is 1. The van der Waals surface area contributed by atoms with Crippen LogP contribution in [-0.4, -0.2) is 50.7 Å². The van der Waals surface area contributed by atoms with Crippen molar-refractivity contribution in [1.82, 2.24) is 10.2 Å². The Morgan fingerprint density at radius 2 is 1.49 bits per heavy atom. The van der Waals surface area contributed by atoms with Crippen molar-refractivity contribution in [3.05, 3.63) is 135 Å². The van der Waals surface area contributed by atoms with Crippen molar-refractivity contribution in [2.24, 2.45) is 5.41 Å². The first-order valence-corrected chi connectivity index (χ1v) is 20.2. The lowest BCUT2D eigenvalue weighted by atomic mass is 9.53. The van der Waals surface area contributed by atoms with Gasteiger partial charge in [-0.2, -0.15) is 0 Å². The molecule has 2 aliphatic carbocycles. The van der Waals surface area contributed by atoms with Crippen molar-refractivity contribution < 1.29 is 24.2 Å². The molecule has 2 amide bonds. The van der Waals surface area contributed by atoms with E-state index in [1.54, 1.807) is 18.2 Å². The van der Waals surface area contributed by atoms with Crippen LogP contribution in [0.3, 0.4) is 0 Å². The van der Waals surface area contributed by atoms with Crippen molar-refractivity contribution in [2.75, 3.05) is 5.32 Å². The number of halogens is 3. The lowest BCUT2D eigenvalue weighted by Crippen LogP contribution is -2.64. The Bertz CT molecular complexity index is 2040. The average Bonchev–Trinajstić information content (AvgIpc) is 3.59. The number of aliphatic hydroxyl groups is 2. The van der Waals surface area contributed by atoms with E-state index in [1.165, 1.54) is 12.1 Å². The molecule has 3 fully saturated rings. The number of aliphatic hydroxyl groups excluding tert-OH is 2. The van der Waals surface area contributed by atoms with Gasteiger partial charge in [0.25, 0.3) is 0 Å². The molecule has 2 aliphatic heterocycles. The van der Waals surface area contributed by atoms with E-state index in [2.05, 4.69) is 29.4 Å². The number of nitrogens with zero attached hydrogens (tertiary/aromatic N) is 1. The van der Waals surface area contributed by atoms with Gasteiger partial charge in [-0.05, 0) is 109 Å². The molecular formula is C45H48Cl2FN3O4. The second-order valence-electron chi connectivity index (χ2n) is 16.9. The molecule has 288 valence electrons. The quantitative estimate of drug-likeness (QED) is 0.150. The molecule has 2 spiro atoms. The second-order valence-corrected chi connectivity index (χ2v) is 17.8. The Hall–Kier alpha value is -3.79. The Labute approximate surface area is 332 Å². The topological polar surface area (TPSA) is 102 Å². The highest BCUT2D eigenvalue weighted by Crippen LogP contribution is 2.69. The molecule has 2 saturated carbocycles. The number of amides is 2. The van der Waals surface area contributed by atoms with Gasteiger partial charge in [0.15, 0.2) is 0 Å². The highest BCUT2D eigenvalue weighted by atomic mass is 35.5. The van der Waals surface area contributed by atoms with Crippen molar-refractivity contribution in [2.45, 2.75) is 112 Å². The molecule has 4 aliphatic rings. The number of carbonyl (C=O) groups is 2. The summed E-state index contributed by atoms with van der Waals surface area (Å²) < 4.78 is 15.8. The van der Waals surface area contributed by atoms with Gasteiger partial charge in [-0.15, -0.1) is 0 Å². The minimum absolute atomic E-state index is 0.0722. The largest absolute Gasteiger partial charge is 0.393 e. The SMILES string of the molecule is CC1(C)CCC2(CC1)N([C@H](c1ccccc1)[C@@H](O)c1ccccc1)[C@@H](C(=O)NC1CCC(O)CC1)[C@H](c1cc(F)cc(Cl)c1)[C@@]21C(=O)Nc2cc(Cl)ccc21. The van der Waals surface area contributed by atoms with Crippen molar-refractivity contribution in [3.63, 3.8) is 0 Å². The number of benzene rings is 4. The van der Waals surface area contributed by atoms with Crippen LogP contribution in [0, 0.1) is 11.2 Å².